The molecular weight excluding hydrogens is 312 g/mol. The second-order valence-corrected chi connectivity index (χ2v) is 5.48. The first kappa shape index (κ1) is 14.2. The molecular formula is C15H14BrF2N. The molecule has 0 radical (unpaired) electrons. The van der Waals surface area contributed by atoms with Crippen molar-refractivity contribution in [2.24, 2.45) is 5.73 Å². The summed E-state index contributed by atoms with van der Waals surface area (Å²) in [6.45, 7) is 3.65. The quantitative estimate of drug-likeness (QED) is 0.870. The van der Waals surface area contributed by atoms with Crippen LogP contribution in [0, 0.1) is 25.5 Å². The van der Waals surface area contributed by atoms with E-state index in [1.165, 1.54) is 18.2 Å². The van der Waals surface area contributed by atoms with Crippen molar-refractivity contribution in [3.8, 4) is 0 Å². The van der Waals surface area contributed by atoms with Gasteiger partial charge in [-0.2, -0.15) is 0 Å². The first-order chi connectivity index (χ1) is 8.90. The molecule has 0 aliphatic heterocycles. The van der Waals surface area contributed by atoms with Gasteiger partial charge in [0.1, 0.15) is 11.6 Å². The van der Waals surface area contributed by atoms with Crippen LogP contribution in [0.4, 0.5) is 8.78 Å². The predicted octanol–water partition coefficient (Wildman–Crippen LogP) is 4.39. The van der Waals surface area contributed by atoms with Crippen LogP contribution in [0.2, 0.25) is 0 Å². The van der Waals surface area contributed by atoms with Gasteiger partial charge in [-0.3, -0.25) is 0 Å². The van der Waals surface area contributed by atoms with Gasteiger partial charge in [0.05, 0.1) is 6.04 Å². The second-order valence-electron chi connectivity index (χ2n) is 4.62. The van der Waals surface area contributed by atoms with E-state index in [0.717, 1.165) is 11.1 Å². The minimum atomic E-state index is -0.629. The lowest BCUT2D eigenvalue weighted by Gasteiger charge is -2.18. The summed E-state index contributed by atoms with van der Waals surface area (Å²) in [4.78, 5) is 0. The van der Waals surface area contributed by atoms with Gasteiger partial charge < -0.3 is 5.73 Å². The number of halogens is 3. The lowest BCUT2D eigenvalue weighted by Crippen LogP contribution is -2.16. The number of nitrogens with two attached hydrogens (primary N) is 1. The first-order valence-corrected chi connectivity index (χ1v) is 6.66. The Morgan fingerprint density at radius 1 is 1.11 bits per heavy atom. The molecule has 1 unspecified atom stereocenters. The van der Waals surface area contributed by atoms with Crippen molar-refractivity contribution < 1.29 is 8.78 Å². The summed E-state index contributed by atoms with van der Waals surface area (Å²) in [7, 11) is 0. The lowest BCUT2D eigenvalue weighted by molar-refractivity contribution is 0.594. The van der Waals surface area contributed by atoms with E-state index in [4.69, 9.17) is 5.73 Å². The highest BCUT2D eigenvalue weighted by atomic mass is 79.9. The fraction of sp³-hybridized carbons (Fsp3) is 0.200. The molecule has 2 aromatic carbocycles. The van der Waals surface area contributed by atoms with Gasteiger partial charge in [0, 0.05) is 10.0 Å². The molecule has 0 aliphatic rings. The maximum absolute atomic E-state index is 14.1. The van der Waals surface area contributed by atoms with Crippen molar-refractivity contribution in [2.45, 2.75) is 19.9 Å². The Morgan fingerprint density at radius 2 is 1.79 bits per heavy atom. The van der Waals surface area contributed by atoms with Gasteiger partial charge in [-0.1, -0.05) is 28.1 Å². The van der Waals surface area contributed by atoms with E-state index in [1.807, 2.05) is 19.9 Å². The Kier molecular flexibility index (Phi) is 4.02. The fourth-order valence-electron chi connectivity index (χ4n) is 2.23. The van der Waals surface area contributed by atoms with E-state index in [9.17, 15) is 8.78 Å². The molecule has 0 saturated heterocycles. The average molecular weight is 326 g/mol. The van der Waals surface area contributed by atoms with Crippen molar-refractivity contribution in [3.63, 3.8) is 0 Å². The van der Waals surface area contributed by atoms with Crippen LogP contribution in [0.5, 0.6) is 0 Å². The summed E-state index contributed by atoms with van der Waals surface area (Å²) < 4.78 is 27.7. The van der Waals surface area contributed by atoms with Gasteiger partial charge in [-0.15, -0.1) is 0 Å². The Morgan fingerprint density at radius 3 is 2.37 bits per heavy atom. The van der Waals surface area contributed by atoms with Gasteiger partial charge in [0.25, 0.3) is 0 Å². The molecule has 1 atom stereocenters. The summed E-state index contributed by atoms with van der Waals surface area (Å²) in [5, 5.41) is 0. The molecule has 0 spiro atoms. The molecule has 0 aliphatic carbocycles. The van der Waals surface area contributed by atoms with Crippen LogP contribution >= 0.6 is 15.9 Å². The highest BCUT2D eigenvalue weighted by Crippen LogP contribution is 2.31. The fourth-order valence-corrected chi connectivity index (χ4v) is 2.83. The van der Waals surface area contributed by atoms with Crippen LogP contribution in [0.1, 0.15) is 28.3 Å². The van der Waals surface area contributed by atoms with Crippen LogP contribution in [-0.4, -0.2) is 0 Å². The monoisotopic (exact) mass is 325 g/mol. The van der Waals surface area contributed by atoms with Crippen molar-refractivity contribution >= 4 is 15.9 Å². The van der Waals surface area contributed by atoms with E-state index >= 15 is 0 Å². The number of benzene rings is 2. The van der Waals surface area contributed by atoms with E-state index in [-0.39, 0.29) is 11.6 Å². The third-order valence-electron chi connectivity index (χ3n) is 3.09. The average Bonchev–Trinajstić information content (AvgIpc) is 2.26. The molecule has 0 fully saturated rings. The lowest BCUT2D eigenvalue weighted by atomic mass is 9.94. The minimum Gasteiger partial charge on any atom is -0.320 e. The summed E-state index contributed by atoms with van der Waals surface area (Å²) in [5.41, 5.74) is 8.87. The van der Waals surface area contributed by atoms with Crippen LogP contribution in [0.25, 0.3) is 0 Å². The zero-order chi connectivity index (χ0) is 14.2. The molecule has 2 aromatic rings. The van der Waals surface area contributed by atoms with E-state index in [0.29, 0.717) is 15.6 Å². The Labute approximate surface area is 119 Å². The van der Waals surface area contributed by atoms with Gasteiger partial charge in [0.2, 0.25) is 0 Å². The van der Waals surface area contributed by atoms with Crippen molar-refractivity contribution in [1.82, 2.24) is 0 Å². The number of rotatable bonds is 2. The molecule has 100 valence electrons. The van der Waals surface area contributed by atoms with E-state index < -0.39 is 6.04 Å². The third kappa shape index (κ3) is 2.85. The minimum absolute atomic E-state index is 0.332. The Balaban J connectivity index is 2.53. The number of aryl methyl sites for hydroxylation is 2. The normalized spacial score (nSPS) is 12.5. The van der Waals surface area contributed by atoms with Crippen molar-refractivity contribution in [1.29, 1.82) is 0 Å². The zero-order valence-electron chi connectivity index (χ0n) is 10.7. The summed E-state index contributed by atoms with van der Waals surface area (Å²) >= 11 is 3.27. The third-order valence-corrected chi connectivity index (χ3v) is 3.78. The van der Waals surface area contributed by atoms with Crippen LogP contribution < -0.4 is 5.73 Å². The molecule has 0 heterocycles. The standard InChI is InChI=1S/C15H14BrF2N/c1-8-5-9(2)14(13(18)6-8)15(19)11-4-3-10(17)7-12(11)16/h3-7,15H,19H2,1-2H3. The highest BCUT2D eigenvalue weighted by molar-refractivity contribution is 9.10. The molecule has 0 bridgehead atoms. The van der Waals surface area contributed by atoms with Gasteiger partial charge in [-0.25, -0.2) is 8.78 Å². The van der Waals surface area contributed by atoms with Gasteiger partial charge in [0.15, 0.2) is 0 Å². The van der Waals surface area contributed by atoms with Crippen LogP contribution in [0.3, 0.4) is 0 Å². The zero-order valence-corrected chi connectivity index (χ0v) is 12.3. The number of hydrogen-bond acceptors (Lipinski definition) is 1. The molecule has 19 heavy (non-hydrogen) atoms. The Hall–Kier alpha value is -1.26. The number of hydrogen-bond donors (Lipinski definition) is 1. The first-order valence-electron chi connectivity index (χ1n) is 5.87. The maximum atomic E-state index is 14.1. The highest BCUT2D eigenvalue weighted by Gasteiger charge is 2.19. The smallest absolute Gasteiger partial charge is 0.128 e. The summed E-state index contributed by atoms with van der Waals surface area (Å²) in [6, 6.07) is 6.94. The molecule has 4 heteroatoms. The maximum Gasteiger partial charge on any atom is 0.128 e. The SMILES string of the molecule is Cc1cc(C)c(C(N)c2ccc(F)cc2Br)c(F)c1. The van der Waals surface area contributed by atoms with Crippen LogP contribution in [-0.2, 0) is 0 Å². The van der Waals surface area contributed by atoms with Crippen LogP contribution in [0.15, 0.2) is 34.8 Å². The molecule has 0 aromatic heterocycles. The van der Waals surface area contributed by atoms with E-state index in [2.05, 4.69) is 15.9 Å². The summed E-state index contributed by atoms with van der Waals surface area (Å²) in [6.07, 6.45) is 0. The Bertz CT molecular complexity index is 603. The molecule has 0 saturated carbocycles. The second kappa shape index (κ2) is 5.39. The van der Waals surface area contributed by atoms with E-state index in [1.54, 1.807) is 6.07 Å². The topological polar surface area (TPSA) is 26.0 Å². The summed E-state index contributed by atoms with van der Waals surface area (Å²) in [5.74, 6) is -0.690. The van der Waals surface area contributed by atoms with Crippen molar-refractivity contribution in [2.75, 3.05) is 0 Å². The van der Waals surface area contributed by atoms with Gasteiger partial charge >= 0.3 is 0 Å². The molecule has 2 rings (SSSR count). The predicted molar refractivity (Wildman–Crippen MR) is 76.0 cm³/mol. The molecule has 2 N–H and O–H groups in total. The largest absolute Gasteiger partial charge is 0.320 e. The molecule has 0 amide bonds. The van der Waals surface area contributed by atoms with Gasteiger partial charge in [-0.05, 0) is 48.7 Å². The van der Waals surface area contributed by atoms with Crippen molar-refractivity contribution in [3.05, 3.63) is 68.7 Å². The molecule has 1 nitrogen and oxygen atoms in total.